The Balaban J connectivity index is 2.70. The van der Waals surface area contributed by atoms with E-state index in [0.717, 1.165) is 17.4 Å². The molecule has 0 atom stereocenters. The van der Waals surface area contributed by atoms with Gasteiger partial charge in [-0.25, -0.2) is 9.78 Å². The van der Waals surface area contributed by atoms with E-state index in [9.17, 15) is 9.59 Å². The van der Waals surface area contributed by atoms with Crippen molar-refractivity contribution >= 4 is 11.2 Å². The van der Waals surface area contributed by atoms with Crippen LogP contribution in [0.3, 0.4) is 0 Å². The Morgan fingerprint density at radius 2 is 2.11 bits per heavy atom. The minimum atomic E-state index is -0.331. The number of aromatic amines is 1. The molecule has 2 rings (SSSR count). The third-order valence-corrected chi connectivity index (χ3v) is 3.11. The number of rotatable bonds is 5. The fourth-order valence-electron chi connectivity index (χ4n) is 2.05. The van der Waals surface area contributed by atoms with Crippen LogP contribution in [0, 0.1) is 0 Å². The van der Waals surface area contributed by atoms with Crippen molar-refractivity contribution in [2.24, 2.45) is 7.05 Å². The minimum Gasteiger partial charge on any atom is -0.335 e. The molecule has 19 heavy (non-hydrogen) atoms. The van der Waals surface area contributed by atoms with Gasteiger partial charge >= 0.3 is 5.69 Å². The largest absolute Gasteiger partial charge is 0.335 e. The van der Waals surface area contributed by atoms with Gasteiger partial charge in [-0.05, 0) is 13.5 Å². The van der Waals surface area contributed by atoms with E-state index in [1.807, 2.05) is 0 Å². The second-order valence-corrected chi connectivity index (χ2v) is 4.56. The van der Waals surface area contributed by atoms with Crippen LogP contribution in [0.25, 0.3) is 11.2 Å². The number of aryl methyl sites for hydroxylation is 1. The molecule has 0 bridgehead atoms. The lowest BCUT2D eigenvalue weighted by molar-refractivity contribution is 0.584. The topological polar surface area (TPSA) is 84.7 Å². The van der Waals surface area contributed by atoms with Crippen LogP contribution in [-0.2, 0) is 20.1 Å². The Hall–Kier alpha value is -1.89. The number of unbranched alkanes of at least 4 members (excludes halogenated alkanes) is 1. The summed E-state index contributed by atoms with van der Waals surface area (Å²) >= 11 is 0. The number of nitrogens with zero attached hydrogens (tertiary/aromatic N) is 3. The van der Waals surface area contributed by atoms with Crippen molar-refractivity contribution in [2.45, 2.75) is 32.9 Å². The van der Waals surface area contributed by atoms with Crippen LogP contribution in [0.1, 0.15) is 25.6 Å². The van der Waals surface area contributed by atoms with Crippen molar-refractivity contribution in [3.8, 4) is 0 Å². The maximum Gasteiger partial charge on any atom is 0.332 e. The van der Waals surface area contributed by atoms with Gasteiger partial charge in [0.25, 0.3) is 5.56 Å². The van der Waals surface area contributed by atoms with Crippen molar-refractivity contribution in [3.05, 3.63) is 26.7 Å². The van der Waals surface area contributed by atoms with E-state index in [4.69, 9.17) is 0 Å². The molecule has 0 saturated carbocycles. The molecule has 0 aliphatic carbocycles. The quantitative estimate of drug-likeness (QED) is 0.793. The van der Waals surface area contributed by atoms with Crippen LogP contribution in [0.2, 0.25) is 0 Å². The molecule has 7 heteroatoms. The Morgan fingerprint density at radius 3 is 2.74 bits per heavy atom. The number of hydrogen-bond donors (Lipinski definition) is 2. The zero-order valence-electron chi connectivity index (χ0n) is 11.5. The van der Waals surface area contributed by atoms with Gasteiger partial charge in [0, 0.05) is 13.6 Å². The number of nitrogens with one attached hydrogen (secondary N) is 2. The van der Waals surface area contributed by atoms with Crippen LogP contribution in [0.4, 0.5) is 0 Å². The minimum absolute atomic E-state index is 0.312. The predicted molar refractivity (Wildman–Crippen MR) is 73.3 cm³/mol. The monoisotopic (exact) mass is 265 g/mol. The Labute approximate surface area is 110 Å². The molecule has 2 N–H and O–H groups in total. The van der Waals surface area contributed by atoms with Gasteiger partial charge in [-0.3, -0.25) is 13.9 Å². The highest BCUT2D eigenvalue weighted by atomic mass is 16.2. The fourth-order valence-corrected chi connectivity index (χ4v) is 2.05. The third kappa shape index (κ3) is 2.33. The summed E-state index contributed by atoms with van der Waals surface area (Å²) < 4.78 is 2.69. The molecule has 0 fully saturated rings. The summed E-state index contributed by atoms with van der Waals surface area (Å²) in [4.78, 5) is 31.5. The maximum atomic E-state index is 12.1. The highest BCUT2D eigenvalue weighted by molar-refractivity contribution is 5.69. The first-order valence-corrected chi connectivity index (χ1v) is 6.43. The SMILES string of the molecule is CCCCn1c(=O)n(C)c(=O)c2[nH]c(CNC)nc21. The van der Waals surface area contributed by atoms with E-state index in [1.54, 1.807) is 11.6 Å². The first-order chi connectivity index (χ1) is 9.10. The fraction of sp³-hybridized carbons (Fsp3) is 0.583. The van der Waals surface area contributed by atoms with E-state index in [-0.39, 0.29) is 11.2 Å². The van der Waals surface area contributed by atoms with Crippen LogP contribution in [-0.4, -0.2) is 26.1 Å². The van der Waals surface area contributed by atoms with E-state index in [1.165, 1.54) is 7.05 Å². The number of imidazole rings is 1. The highest BCUT2D eigenvalue weighted by Crippen LogP contribution is 2.06. The van der Waals surface area contributed by atoms with Gasteiger partial charge in [0.1, 0.15) is 11.3 Å². The van der Waals surface area contributed by atoms with Gasteiger partial charge in [-0.2, -0.15) is 0 Å². The summed E-state index contributed by atoms with van der Waals surface area (Å²) in [5, 5.41) is 2.97. The van der Waals surface area contributed by atoms with Crippen molar-refractivity contribution in [2.75, 3.05) is 7.05 Å². The Morgan fingerprint density at radius 1 is 1.37 bits per heavy atom. The lowest BCUT2D eigenvalue weighted by Gasteiger charge is -2.07. The first kappa shape index (κ1) is 13.5. The lowest BCUT2D eigenvalue weighted by atomic mass is 10.3. The summed E-state index contributed by atoms with van der Waals surface area (Å²) in [5.41, 5.74) is 0.200. The molecule has 0 spiro atoms. The van der Waals surface area contributed by atoms with Gasteiger partial charge in [0.15, 0.2) is 5.65 Å². The molecule has 2 aromatic heterocycles. The number of fused-ring (bicyclic) bond motifs is 1. The van der Waals surface area contributed by atoms with Crippen LogP contribution < -0.4 is 16.6 Å². The Kier molecular flexibility index (Phi) is 3.84. The zero-order chi connectivity index (χ0) is 14.0. The molecular weight excluding hydrogens is 246 g/mol. The van der Waals surface area contributed by atoms with E-state index >= 15 is 0 Å². The molecule has 0 unspecified atom stereocenters. The number of H-pyrrole nitrogens is 1. The van der Waals surface area contributed by atoms with Gasteiger partial charge in [-0.1, -0.05) is 13.3 Å². The van der Waals surface area contributed by atoms with Gasteiger partial charge in [-0.15, -0.1) is 0 Å². The van der Waals surface area contributed by atoms with Crippen LogP contribution in [0.15, 0.2) is 9.59 Å². The van der Waals surface area contributed by atoms with E-state index in [0.29, 0.717) is 30.1 Å². The molecule has 2 heterocycles. The second kappa shape index (κ2) is 5.40. The van der Waals surface area contributed by atoms with Gasteiger partial charge in [0.2, 0.25) is 0 Å². The summed E-state index contributed by atoms with van der Waals surface area (Å²) in [6.45, 7) is 3.16. The second-order valence-electron chi connectivity index (χ2n) is 4.56. The van der Waals surface area contributed by atoms with Crippen molar-refractivity contribution in [1.82, 2.24) is 24.4 Å². The molecule has 0 amide bonds. The van der Waals surface area contributed by atoms with E-state index < -0.39 is 0 Å². The van der Waals surface area contributed by atoms with Crippen LogP contribution >= 0.6 is 0 Å². The third-order valence-electron chi connectivity index (χ3n) is 3.11. The molecule has 0 aliphatic rings. The standard InChI is InChI=1S/C12H19N5O2/c1-4-5-6-17-10-9(11(18)16(3)12(17)19)14-8(15-10)7-13-2/h13H,4-7H2,1-3H3,(H,14,15). The summed E-state index contributed by atoms with van der Waals surface area (Å²) in [5.74, 6) is 0.658. The van der Waals surface area contributed by atoms with Crippen molar-refractivity contribution in [1.29, 1.82) is 0 Å². The normalized spacial score (nSPS) is 11.3. The van der Waals surface area contributed by atoms with Crippen molar-refractivity contribution in [3.63, 3.8) is 0 Å². The average molecular weight is 265 g/mol. The molecular formula is C12H19N5O2. The smallest absolute Gasteiger partial charge is 0.332 e. The summed E-state index contributed by atoms with van der Waals surface area (Å²) in [7, 11) is 3.29. The van der Waals surface area contributed by atoms with Crippen LogP contribution in [0.5, 0.6) is 0 Å². The van der Waals surface area contributed by atoms with Crippen molar-refractivity contribution < 1.29 is 0 Å². The zero-order valence-corrected chi connectivity index (χ0v) is 11.5. The molecule has 104 valence electrons. The highest BCUT2D eigenvalue weighted by Gasteiger charge is 2.14. The summed E-state index contributed by atoms with van der Waals surface area (Å²) in [6.07, 6.45) is 1.85. The molecule has 0 aromatic carbocycles. The first-order valence-electron chi connectivity index (χ1n) is 6.43. The molecule has 2 aromatic rings. The molecule has 0 aliphatic heterocycles. The number of aromatic nitrogens is 4. The molecule has 7 nitrogen and oxygen atoms in total. The maximum absolute atomic E-state index is 12.1. The van der Waals surface area contributed by atoms with Gasteiger partial charge < -0.3 is 10.3 Å². The molecule has 0 radical (unpaired) electrons. The Bertz CT molecular complexity index is 694. The molecule has 0 saturated heterocycles. The average Bonchev–Trinajstić information content (AvgIpc) is 2.80. The van der Waals surface area contributed by atoms with E-state index in [2.05, 4.69) is 22.2 Å². The number of hydrogen-bond acceptors (Lipinski definition) is 4. The predicted octanol–water partition coefficient (Wildman–Crippen LogP) is -0.0572. The van der Waals surface area contributed by atoms with Gasteiger partial charge in [0.05, 0.1) is 6.54 Å². The lowest BCUT2D eigenvalue weighted by Crippen LogP contribution is -2.38. The summed E-state index contributed by atoms with van der Waals surface area (Å²) in [6, 6.07) is 0.